The van der Waals surface area contributed by atoms with Gasteiger partial charge in [0.05, 0.1) is 28.4 Å². The van der Waals surface area contributed by atoms with E-state index >= 15 is 0 Å². The maximum Gasteiger partial charge on any atom is 0.326 e. The van der Waals surface area contributed by atoms with Crippen LogP contribution in [0.4, 0.5) is 26.5 Å². The minimum atomic E-state index is -0.792. The lowest BCUT2D eigenvalue weighted by Gasteiger charge is -2.23. The lowest BCUT2D eigenvalue weighted by Crippen LogP contribution is -2.29. The number of primary amides is 1. The lowest BCUT2D eigenvalue weighted by atomic mass is 9.91. The van der Waals surface area contributed by atoms with Crippen molar-refractivity contribution in [1.29, 1.82) is 5.26 Å². The number of urea groups is 1. The molecule has 4 amide bonds. The Morgan fingerprint density at radius 3 is 2.51 bits per heavy atom. The molecule has 4 N–H and O–H groups in total. The van der Waals surface area contributed by atoms with E-state index in [0.29, 0.717) is 28.7 Å². The van der Waals surface area contributed by atoms with Gasteiger partial charge in [-0.1, -0.05) is 20.8 Å². The van der Waals surface area contributed by atoms with Gasteiger partial charge in [0.2, 0.25) is 17.8 Å². The van der Waals surface area contributed by atoms with E-state index in [1.54, 1.807) is 41.6 Å². The molecule has 37 heavy (non-hydrogen) atoms. The molecule has 3 aromatic rings. The van der Waals surface area contributed by atoms with Crippen LogP contribution < -0.4 is 21.3 Å². The highest BCUT2D eigenvalue weighted by molar-refractivity contribution is 6.00. The Balaban J connectivity index is 1.92. The molecule has 0 aliphatic rings. The smallest absolute Gasteiger partial charge is 0.326 e. The second kappa shape index (κ2) is 10.7. The van der Waals surface area contributed by atoms with Crippen molar-refractivity contribution < 1.29 is 18.8 Å². The highest BCUT2D eigenvalue weighted by Gasteiger charge is 2.21. The molecule has 0 aliphatic heterocycles. The summed E-state index contributed by atoms with van der Waals surface area (Å²) in [5.41, 5.74) is 7.34. The van der Waals surface area contributed by atoms with Crippen molar-refractivity contribution in [3.05, 3.63) is 47.3 Å². The number of anilines is 3. The first-order valence-corrected chi connectivity index (χ1v) is 11.6. The first kappa shape index (κ1) is 27.1. The Bertz CT molecular complexity index is 1420. The van der Waals surface area contributed by atoms with Gasteiger partial charge in [0.25, 0.3) is 0 Å². The van der Waals surface area contributed by atoms with Crippen molar-refractivity contribution in [3.63, 3.8) is 0 Å². The zero-order valence-electron chi connectivity index (χ0n) is 21.5. The van der Waals surface area contributed by atoms with Crippen molar-refractivity contribution in [2.45, 2.75) is 47.1 Å². The first-order valence-electron chi connectivity index (χ1n) is 11.6. The zero-order chi connectivity index (χ0) is 27.5. The number of benzene rings is 2. The quantitative estimate of drug-likeness (QED) is 0.437. The van der Waals surface area contributed by atoms with Gasteiger partial charge < -0.3 is 20.5 Å². The number of nitrogens with zero attached hydrogens (tertiary/aromatic N) is 4. The number of aromatic nitrogens is 2. The first-order chi connectivity index (χ1) is 17.3. The predicted octanol–water partition coefficient (Wildman–Crippen LogP) is 4.27. The molecule has 0 fully saturated rings. The van der Waals surface area contributed by atoms with Crippen LogP contribution in [0.5, 0.6) is 0 Å². The van der Waals surface area contributed by atoms with E-state index in [1.165, 1.54) is 6.07 Å². The lowest BCUT2D eigenvalue weighted by molar-refractivity contribution is -0.120. The standard InChI is InChI=1S/C26H30FN7O3/c1-15-10-18(27)19(11-16(15)14-28)31-25(37)32-24-30-20-12-17(33(5)23(36)13-26(2,3)4)6-7-21(20)34(24)9-8-22(29)35/h6-7,10-12H,8-9,13H2,1-5H3,(H2,29,35)(H2,30,31,32,37). The van der Waals surface area contributed by atoms with Gasteiger partial charge in [-0.25, -0.2) is 14.2 Å². The van der Waals surface area contributed by atoms with Crippen molar-refractivity contribution in [1.82, 2.24) is 9.55 Å². The normalized spacial score (nSPS) is 11.2. The van der Waals surface area contributed by atoms with Gasteiger partial charge in [0.1, 0.15) is 5.82 Å². The van der Waals surface area contributed by atoms with Gasteiger partial charge in [-0.3, -0.25) is 14.9 Å². The Hall–Kier alpha value is -4.46. The number of rotatable bonds is 7. The Kier molecular flexibility index (Phi) is 7.81. The molecule has 1 heterocycles. The van der Waals surface area contributed by atoms with Gasteiger partial charge >= 0.3 is 6.03 Å². The molecular weight excluding hydrogens is 477 g/mol. The third-order valence-corrected chi connectivity index (χ3v) is 5.66. The Morgan fingerprint density at radius 1 is 1.19 bits per heavy atom. The van der Waals surface area contributed by atoms with Crippen molar-refractivity contribution in [2.24, 2.45) is 11.1 Å². The predicted molar refractivity (Wildman–Crippen MR) is 140 cm³/mol. The number of amides is 4. The molecule has 1 aromatic heterocycles. The maximum absolute atomic E-state index is 14.4. The van der Waals surface area contributed by atoms with Crippen LogP contribution in [0.1, 0.15) is 44.7 Å². The number of nitrogens with two attached hydrogens (primary N) is 1. The van der Waals surface area contributed by atoms with E-state index < -0.39 is 17.8 Å². The van der Waals surface area contributed by atoms with Gasteiger partial charge in [0.15, 0.2) is 0 Å². The number of fused-ring (bicyclic) bond motifs is 1. The summed E-state index contributed by atoms with van der Waals surface area (Å²) in [5.74, 6) is -1.19. The van der Waals surface area contributed by atoms with E-state index in [0.717, 1.165) is 6.07 Å². The molecule has 3 rings (SSSR count). The number of nitriles is 1. The van der Waals surface area contributed by atoms with Crippen molar-refractivity contribution in [2.75, 3.05) is 22.6 Å². The molecule has 0 saturated carbocycles. The molecule has 0 saturated heterocycles. The van der Waals surface area contributed by atoms with Crippen LogP contribution >= 0.6 is 0 Å². The number of carbonyl (C=O) groups excluding carboxylic acids is 3. The van der Waals surface area contributed by atoms with E-state index in [1.807, 2.05) is 26.8 Å². The number of halogens is 1. The highest BCUT2D eigenvalue weighted by atomic mass is 19.1. The van der Waals surface area contributed by atoms with Crippen LogP contribution in [0.15, 0.2) is 30.3 Å². The fourth-order valence-corrected chi connectivity index (χ4v) is 3.73. The summed E-state index contributed by atoms with van der Waals surface area (Å²) in [6.07, 6.45) is 0.344. The van der Waals surface area contributed by atoms with Gasteiger partial charge in [-0.05, 0) is 48.2 Å². The molecule has 0 aliphatic carbocycles. The number of carbonyl (C=O) groups is 3. The number of imidazole rings is 1. The van der Waals surface area contributed by atoms with Crippen LogP contribution in [0.3, 0.4) is 0 Å². The van der Waals surface area contributed by atoms with E-state index in [2.05, 4.69) is 15.6 Å². The Morgan fingerprint density at radius 2 is 1.89 bits per heavy atom. The van der Waals surface area contributed by atoms with Crippen LogP contribution in [0, 0.1) is 29.5 Å². The third kappa shape index (κ3) is 6.61. The molecule has 10 nitrogen and oxygen atoms in total. The molecule has 0 radical (unpaired) electrons. The minimum Gasteiger partial charge on any atom is -0.370 e. The van der Waals surface area contributed by atoms with Crippen LogP contribution in [0.25, 0.3) is 11.0 Å². The number of hydrogen-bond donors (Lipinski definition) is 3. The number of aryl methyl sites for hydroxylation is 2. The largest absolute Gasteiger partial charge is 0.370 e. The van der Waals surface area contributed by atoms with E-state index in [4.69, 9.17) is 5.73 Å². The van der Waals surface area contributed by atoms with Gasteiger partial charge in [-0.15, -0.1) is 0 Å². The Labute approximate surface area is 214 Å². The molecule has 194 valence electrons. The average Bonchev–Trinajstić information content (AvgIpc) is 3.13. The number of hydrogen-bond acceptors (Lipinski definition) is 5. The van der Waals surface area contributed by atoms with Gasteiger partial charge in [-0.2, -0.15) is 5.26 Å². The van der Waals surface area contributed by atoms with E-state index in [9.17, 15) is 24.0 Å². The number of nitrogens with one attached hydrogen (secondary N) is 2. The second-order valence-corrected chi connectivity index (χ2v) is 10.0. The SMILES string of the molecule is Cc1cc(F)c(NC(=O)Nc2nc3cc(N(C)C(=O)CC(C)(C)C)ccc3n2CCC(N)=O)cc1C#N. The van der Waals surface area contributed by atoms with Crippen LogP contribution in [-0.4, -0.2) is 34.4 Å². The van der Waals surface area contributed by atoms with Crippen LogP contribution in [-0.2, 0) is 16.1 Å². The fraction of sp³-hybridized carbons (Fsp3) is 0.346. The topological polar surface area (TPSA) is 146 Å². The molecule has 0 bridgehead atoms. The summed E-state index contributed by atoms with van der Waals surface area (Å²) in [7, 11) is 1.68. The van der Waals surface area contributed by atoms with E-state index in [-0.39, 0.29) is 41.5 Å². The molecule has 2 aromatic carbocycles. The third-order valence-electron chi connectivity index (χ3n) is 5.66. The molecule has 11 heteroatoms. The molecule has 0 spiro atoms. The molecule has 0 atom stereocenters. The summed E-state index contributed by atoms with van der Waals surface area (Å²) in [4.78, 5) is 42.9. The van der Waals surface area contributed by atoms with Crippen molar-refractivity contribution >= 4 is 46.2 Å². The highest BCUT2D eigenvalue weighted by Crippen LogP contribution is 2.28. The summed E-state index contributed by atoms with van der Waals surface area (Å²) in [5, 5.41) is 14.2. The summed E-state index contributed by atoms with van der Waals surface area (Å²) in [6.45, 7) is 7.67. The van der Waals surface area contributed by atoms with Gasteiger partial charge in [0, 0.05) is 32.1 Å². The monoisotopic (exact) mass is 507 g/mol. The van der Waals surface area contributed by atoms with Crippen molar-refractivity contribution in [3.8, 4) is 6.07 Å². The second-order valence-electron chi connectivity index (χ2n) is 10.0. The maximum atomic E-state index is 14.4. The summed E-state index contributed by atoms with van der Waals surface area (Å²) in [6, 6.07) is 8.76. The minimum absolute atomic E-state index is 0.00833. The fourth-order valence-electron chi connectivity index (χ4n) is 3.73. The molecule has 0 unspecified atom stereocenters. The zero-order valence-corrected chi connectivity index (χ0v) is 21.5. The summed E-state index contributed by atoms with van der Waals surface area (Å²) < 4.78 is 16.0. The van der Waals surface area contributed by atoms with Crippen LogP contribution in [0.2, 0.25) is 0 Å². The average molecular weight is 508 g/mol. The molecular formula is C26H30FN7O3. The summed E-state index contributed by atoms with van der Waals surface area (Å²) >= 11 is 0.